The summed E-state index contributed by atoms with van der Waals surface area (Å²) in [6.07, 6.45) is 2.00. The highest BCUT2D eigenvalue weighted by Gasteiger charge is 2.26. The molecule has 4 rings (SSSR count). The predicted molar refractivity (Wildman–Crippen MR) is 207 cm³/mol. The molecular formula is C43H52N4O6. The third kappa shape index (κ3) is 14.1. The summed E-state index contributed by atoms with van der Waals surface area (Å²) >= 11 is 0. The molecule has 0 aliphatic carbocycles. The lowest BCUT2D eigenvalue weighted by molar-refractivity contribution is -0.130. The van der Waals surface area contributed by atoms with Crippen molar-refractivity contribution in [3.63, 3.8) is 0 Å². The maximum Gasteiger partial charge on any atom is 0.408 e. The largest absolute Gasteiger partial charge is 0.489 e. The first-order valence-electron chi connectivity index (χ1n) is 18.2. The number of hydrogen-bond donors (Lipinski definition) is 3. The van der Waals surface area contributed by atoms with E-state index in [1.165, 1.54) is 0 Å². The van der Waals surface area contributed by atoms with Crippen molar-refractivity contribution in [2.75, 3.05) is 18.9 Å². The van der Waals surface area contributed by atoms with Crippen molar-refractivity contribution in [1.29, 1.82) is 0 Å². The Hall–Kier alpha value is -5.64. The first kappa shape index (κ1) is 40.1. The molecule has 280 valence electrons. The van der Waals surface area contributed by atoms with Crippen LogP contribution in [0.4, 0.5) is 10.5 Å². The SMILES string of the molecule is CC(C)CCN(C)C(=O)CCCc1ccccc1NC(=O)[C@@H](C)NC(=O)[C@H](Cc1ccc(OCc2ccccc2)cc1)NC(=O)OCc1ccccc1. The van der Waals surface area contributed by atoms with Gasteiger partial charge in [0.05, 0.1) is 0 Å². The fourth-order valence-corrected chi connectivity index (χ4v) is 5.49. The number of carbonyl (C=O) groups is 4. The molecule has 0 unspecified atom stereocenters. The summed E-state index contributed by atoms with van der Waals surface area (Å²) in [6, 6.07) is 31.9. The standard InChI is InChI=1S/C43H52N4O6/c1-31(2)26-27-47(4)40(48)21-13-19-36-18-11-12-20-38(36)45-41(49)32(3)44-42(50)39(46-43(51)53-30-35-16-9-6-10-17-35)28-33-22-24-37(25-23-33)52-29-34-14-7-5-8-15-34/h5-12,14-18,20,22-25,31-32,39H,13,19,21,26-30H2,1-4H3,(H,44,50)(H,45,49)(H,46,51)/t32-,39+/m1/s1. The van der Waals surface area contributed by atoms with Gasteiger partial charge in [0.15, 0.2) is 0 Å². The van der Waals surface area contributed by atoms with Crippen molar-refractivity contribution in [3.05, 3.63) is 131 Å². The number of carbonyl (C=O) groups excluding carboxylic acids is 4. The molecule has 0 fully saturated rings. The monoisotopic (exact) mass is 720 g/mol. The Kier molecular flexibility index (Phi) is 15.9. The van der Waals surface area contributed by atoms with Gasteiger partial charge in [0, 0.05) is 32.1 Å². The van der Waals surface area contributed by atoms with Crippen molar-refractivity contribution >= 4 is 29.5 Å². The molecule has 10 nitrogen and oxygen atoms in total. The highest BCUT2D eigenvalue weighted by Crippen LogP contribution is 2.19. The molecule has 4 amide bonds. The van der Waals surface area contributed by atoms with E-state index >= 15 is 0 Å². The second-order valence-electron chi connectivity index (χ2n) is 13.6. The van der Waals surface area contributed by atoms with E-state index in [9.17, 15) is 19.2 Å². The van der Waals surface area contributed by atoms with E-state index in [0.29, 0.717) is 43.2 Å². The van der Waals surface area contributed by atoms with Gasteiger partial charge in [0.2, 0.25) is 17.7 Å². The molecule has 0 radical (unpaired) electrons. The normalized spacial score (nSPS) is 11.9. The highest BCUT2D eigenvalue weighted by atomic mass is 16.5. The van der Waals surface area contributed by atoms with Gasteiger partial charge < -0.3 is 30.3 Å². The van der Waals surface area contributed by atoms with Crippen molar-refractivity contribution in [1.82, 2.24) is 15.5 Å². The number of hydrogen-bond acceptors (Lipinski definition) is 6. The summed E-state index contributed by atoms with van der Waals surface area (Å²) in [6.45, 7) is 7.05. The van der Waals surface area contributed by atoms with Gasteiger partial charge in [-0.2, -0.15) is 0 Å². The Balaban J connectivity index is 1.35. The van der Waals surface area contributed by atoms with Gasteiger partial charge in [0.1, 0.15) is 31.0 Å². The van der Waals surface area contributed by atoms with E-state index < -0.39 is 30.0 Å². The first-order chi connectivity index (χ1) is 25.6. The number of amides is 4. The average Bonchev–Trinajstić information content (AvgIpc) is 3.16. The minimum atomic E-state index is -1.03. The zero-order valence-corrected chi connectivity index (χ0v) is 31.2. The molecule has 4 aromatic carbocycles. The van der Waals surface area contributed by atoms with Crippen molar-refractivity contribution in [3.8, 4) is 5.75 Å². The van der Waals surface area contributed by atoms with E-state index in [2.05, 4.69) is 29.8 Å². The van der Waals surface area contributed by atoms with E-state index in [1.807, 2.05) is 110 Å². The van der Waals surface area contributed by atoms with Crippen LogP contribution >= 0.6 is 0 Å². The topological polar surface area (TPSA) is 126 Å². The van der Waals surface area contributed by atoms with Gasteiger partial charge in [0.25, 0.3) is 0 Å². The molecule has 0 bridgehead atoms. The van der Waals surface area contributed by atoms with Crippen molar-refractivity contribution in [2.45, 2.75) is 78.2 Å². The minimum absolute atomic E-state index is 0.0374. The van der Waals surface area contributed by atoms with Gasteiger partial charge in [-0.3, -0.25) is 14.4 Å². The van der Waals surface area contributed by atoms with Crippen LogP contribution in [-0.4, -0.2) is 54.4 Å². The zero-order valence-electron chi connectivity index (χ0n) is 31.2. The Morgan fingerprint density at radius 2 is 1.32 bits per heavy atom. The molecule has 0 aromatic heterocycles. The Morgan fingerprint density at radius 1 is 0.698 bits per heavy atom. The fraction of sp³-hybridized carbons (Fsp3) is 0.349. The summed E-state index contributed by atoms with van der Waals surface area (Å²) < 4.78 is 11.3. The second kappa shape index (κ2) is 21.0. The van der Waals surface area contributed by atoms with E-state index in [4.69, 9.17) is 9.47 Å². The maximum atomic E-state index is 13.6. The van der Waals surface area contributed by atoms with Crippen LogP contribution in [0.15, 0.2) is 109 Å². The molecule has 0 saturated carbocycles. The van der Waals surface area contributed by atoms with Crippen LogP contribution in [0.2, 0.25) is 0 Å². The lowest BCUT2D eigenvalue weighted by Crippen LogP contribution is -2.52. The Bertz CT molecular complexity index is 1750. The van der Waals surface area contributed by atoms with Crippen LogP contribution in [0, 0.1) is 5.92 Å². The van der Waals surface area contributed by atoms with Gasteiger partial charge in [-0.15, -0.1) is 0 Å². The zero-order chi connectivity index (χ0) is 38.0. The lowest BCUT2D eigenvalue weighted by atomic mass is 10.0. The Labute approximate surface area is 313 Å². The van der Waals surface area contributed by atoms with Crippen LogP contribution in [0.25, 0.3) is 0 Å². The van der Waals surface area contributed by atoms with E-state index in [-0.39, 0.29) is 18.9 Å². The van der Waals surface area contributed by atoms with Crippen LogP contribution in [-0.2, 0) is 45.2 Å². The summed E-state index contributed by atoms with van der Waals surface area (Å²) in [4.78, 5) is 54.3. The second-order valence-corrected chi connectivity index (χ2v) is 13.6. The van der Waals surface area contributed by atoms with Gasteiger partial charge in [-0.25, -0.2) is 4.79 Å². The molecule has 0 aliphatic rings. The minimum Gasteiger partial charge on any atom is -0.489 e. The number of anilines is 1. The number of nitrogens with one attached hydrogen (secondary N) is 3. The molecule has 4 aromatic rings. The van der Waals surface area contributed by atoms with E-state index in [0.717, 1.165) is 35.2 Å². The number of rotatable bonds is 19. The molecule has 53 heavy (non-hydrogen) atoms. The summed E-state index contributed by atoms with van der Waals surface area (Å²) in [5.74, 6) is 0.339. The molecule has 0 spiro atoms. The molecule has 0 heterocycles. The van der Waals surface area contributed by atoms with Crippen LogP contribution < -0.4 is 20.7 Å². The maximum absolute atomic E-state index is 13.6. The lowest BCUT2D eigenvalue weighted by Gasteiger charge is -2.22. The quantitative estimate of drug-likeness (QED) is 0.0952. The smallest absolute Gasteiger partial charge is 0.408 e. The number of para-hydroxylation sites is 1. The average molecular weight is 721 g/mol. The van der Waals surface area contributed by atoms with Gasteiger partial charge in [-0.05, 0) is 72.6 Å². The summed E-state index contributed by atoms with van der Waals surface area (Å²) in [7, 11) is 1.83. The molecule has 0 aliphatic heterocycles. The number of nitrogens with zero attached hydrogens (tertiary/aromatic N) is 1. The van der Waals surface area contributed by atoms with Crippen molar-refractivity contribution in [2.24, 2.45) is 5.92 Å². The molecular weight excluding hydrogens is 668 g/mol. The van der Waals surface area contributed by atoms with Gasteiger partial charge >= 0.3 is 6.09 Å². The van der Waals surface area contributed by atoms with Crippen LogP contribution in [0.3, 0.4) is 0 Å². The van der Waals surface area contributed by atoms with Crippen LogP contribution in [0.1, 0.15) is 62.3 Å². The Morgan fingerprint density at radius 3 is 1.98 bits per heavy atom. The molecule has 2 atom stereocenters. The third-order valence-corrected chi connectivity index (χ3v) is 8.76. The number of ether oxygens (including phenoxy) is 2. The molecule has 10 heteroatoms. The van der Waals surface area contributed by atoms with E-state index in [1.54, 1.807) is 17.9 Å². The van der Waals surface area contributed by atoms with Gasteiger partial charge in [-0.1, -0.05) is 105 Å². The fourth-order valence-electron chi connectivity index (χ4n) is 5.49. The van der Waals surface area contributed by atoms with Crippen molar-refractivity contribution < 1.29 is 28.7 Å². The third-order valence-electron chi connectivity index (χ3n) is 8.76. The van der Waals surface area contributed by atoms with Crippen LogP contribution in [0.5, 0.6) is 5.75 Å². The summed E-state index contributed by atoms with van der Waals surface area (Å²) in [5, 5.41) is 8.38. The highest BCUT2D eigenvalue weighted by molar-refractivity contribution is 5.98. The summed E-state index contributed by atoms with van der Waals surface area (Å²) in [5.41, 5.74) is 4.14. The first-order valence-corrected chi connectivity index (χ1v) is 18.2. The predicted octanol–water partition coefficient (Wildman–Crippen LogP) is 7.07. The molecule has 0 saturated heterocycles. The number of alkyl carbamates (subject to hydrolysis) is 1. The number of aryl methyl sites for hydroxylation is 1. The molecule has 3 N–H and O–H groups in total. The number of benzene rings is 4.